The second-order valence-electron chi connectivity index (χ2n) is 4.26. The Morgan fingerprint density at radius 2 is 2.26 bits per heavy atom. The molecule has 100 valence electrons. The van der Waals surface area contributed by atoms with Crippen molar-refractivity contribution in [3.8, 4) is 0 Å². The number of carboxylic acid groups (broad SMARTS) is 1. The number of thiazole rings is 1. The number of halogens is 1. The Bertz CT molecular complexity index is 572. The molecule has 0 amide bonds. The third-order valence-corrected chi connectivity index (χ3v) is 3.29. The molecule has 19 heavy (non-hydrogen) atoms. The molecule has 1 heterocycles. The Balaban J connectivity index is 2.13. The highest BCUT2D eigenvalue weighted by Crippen LogP contribution is 2.15. The number of carboxylic acids is 1. The molecule has 0 aliphatic carbocycles. The summed E-state index contributed by atoms with van der Waals surface area (Å²) in [4.78, 5) is 17.1. The number of benzene rings is 1. The minimum atomic E-state index is -1.04. The highest BCUT2D eigenvalue weighted by molar-refractivity contribution is 7.07. The molecule has 1 aromatic carbocycles. The second kappa shape index (κ2) is 5.90. The fourth-order valence-corrected chi connectivity index (χ4v) is 2.39. The largest absolute Gasteiger partial charge is 0.478 e. The molecule has 1 N–H and O–H groups in total. The van der Waals surface area contributed by atoms with E-state index in [1.54, 1.807) is 5.51 Å². The van der Waals surface area contributed by atoms with E-state index in [2.05, 4.69) is 4.98 Å². The van der Waals surface area contributed by atoms with Crippen LogP contribution < -0.4 is 0 Å². The lowest BCUT2D eigenvalue weighted by atomic mass is 10.1. The van der Waals surface area contributed by atoms with Crippen LogP contribution in [0.3, 0.4) is 0 Å². The molecule has 6 heteroatoms. The van der Waals surface area contributed by atoms with Crippen molar-refractivity contribution < 1.29 is 14.3 Å². The van der Waals surface area contributed by atoms with Crippen LogP contribution >= 0.6 is 11.3 Å². The molecule has 2 rings (SSSR count). The summed E-state index contributed by atoms with van der Waals surface area (Å²) in [5, 5.41) is 11.0. The van der Waals surface area contributed by atoms with Crippen LogP contribution in [-0.2, 0) is 13.1 Å². The van der Waals surface area contributed by atoms with Crippen molar-refractivity contribution in [3.05, 3.63) is 51.7 Å². The lowest BCUT2D eigenvalue weighted by molar-refractivity contribution is 0.0694. The quantitative estimate of drug-likeness (QED) is 0.914. The van der Waals surface area contributed by atoms with Crippen LogP contribution in [0.25, 0.3) is 0 Å². The molecule has 0 saturated heterocycles. The average molecular weight is 280 g/mol. The minimum absolute atomic E-state index is 0.131. The van der Waals surface area contributed by atoms with E-state index in [9.17, 15) is 9.18 Å². The number of hydrogen-bond acceptors (Lipinski definition) is 4. The first-order chi connectivity index (χ1) is 9.06. The SMILES string of the molecule is CN(Cc1cscn1)Cc1cc(F)ccc1C(=O)O. The van der Waals surface area contributed by atoms with Crippen molar-refractivity contribution in [2.75, 3.05) is 7.05 Å². The van der Waals surface area contributed by atoms with Crippen LogP contribution in [0.5, 0.6) is 0 Å². The van der Waals surface area contributed by atoms with Crippen LogP contribution in [0.2, 0.25) is 0 Å². The van der Waals surface area contributed by atoms with Gasteiger partial charge in [0.2, 0.25) is 0 Å². The van der Waals surface area contributed by atoms with Crippen molar-refractivity contribution in [1.29, 1.82) is 0 Å². The van der Waals surface area contributed by atoms with Gasteiger partial charge < -0.3 is 5.11 Å². The van der Waals surface area contributed by atoms with Gasteiger partial charge >= 0.3 is 5.97 Å². The van der Waals surface area contributed by atoms with E-state index in [4.69, 9.17) is 5.11 Å². The molecule has 0 unspecified atom stereocenters. The van der Waals surface area contributed by atoms with E-state index >= 15 is 0 Å². The summed E-state index contributed by atoms with van der Waals surface area (Å²) in [7, 11) is 1.84. The molecule has 0 bridgehead atoms. The average Bonchev–Trinajstić information content (AvgIpc) is 2.81. The highest BCUT2D eigenvalue weighted by atomic mass is 32.1. The maximum Gasteiger partial charge on any atom is 0.336 e. The fraction of sp³-hybridized carbons (Fsp3) is 0.231. The van der Waals surface area contributed by atoms with E-state index < -0.39 is 11.8 Å². The molecule has 2 aromatic rings. The van der Waals surface area contributed by atoms with Crippen molar-refractivity contribution in [3.63, 3.8) is 0 Å². The van der Waals surface area contributed by atoms with Crippen LogP contribution in [0.15, 0.2) is 29.1 Å². The smallest absolute Gasteiger partial charge is 0.336 e. The number of nitrogens with zero attached hydrogens (tertiary/aromatic N) is 2. The molecular formula is C13H13FN2O2S. The Labute approximate surface area is 114 Å². The number of carbonyl (C=O) groups is 1. The Kier molecular flexibility index (Phi) is 4.24. The maximum atomic E-state index is 13.2. The minimum Gasteiger partial charge on any atom is -0.478 e. The van der Waals surface area contributed by atoms with Crippen LogP contribution in [0, 0.1) is 5.82 Å². The molecule has 0 spiro atoms. The standard InChI is InChI=1S/C13H13FN2O2S/c1-16(6-11-7-19-8-15-11)5-9-4-10(14)2-3-12(9)13(17)18/h2-4,7-8H,5-6H2,1H3,(H,17,18). The molecule has 0 fully saturated rings. The summed E-state index contributed by atoms with van der Waals surface area (Å²) in [6.07, 6.45) is 0. The highest BCUT2D eigenvalue weighted by Gasteiger charge is 2.13. The molecule has 0 aliphatic heterocycles. The number of hydrogen-bond donors (Lipinski definition) is 1. The summed E-state index contributed by atoms with van der Waals surface area (Å²) in [5.74, 6) is -1.47. The predicted molar refractivity (Wildman–Crippen MR) is 70.6 cm³/mol. The van der Waals surface area contributed by atoms with Gasteiger partial charge in [-0.05, 0) is 30.8 Å². The van der Waals surface area contributed by atoms with E-state index in [0.29, 0.717) is 18.7 Å². The van der Waals surface area contributed by atoms with Gasteiger partial charge in [-0.1, -0.05) is 0 Å². The third-order valence-electron chi connectivity index (χ3n) is 2.65. The van der Waals surface area contributed by atoms with Gasteiger partial charge in [-0.3, -0.25) is 4.90 Å². The topological polar surface area (TPSA) is 53.4 Å². The van der Waals surface area contributed by atoms with E-state index in [1.807, 2.05) is 17.3 Å². The lowest BCUT2D eigenvalue weighted by Gasteiger charge is -2.16. The lowest BCUT2D eigenvalue weighted by Crippen LogP contribution is -2.19. The Morgan fingerprint density at radius 1 is 1.47 bits per heavy atom. The van der Waals surface area contributed by atoms with Gasteiger partial charge in [0.05, 0.1) is 16.8 Å². The summed E-state index contributed by atoms with van der Waals surface area (Å²) in [5.41, 5.74) is 3.26. The molecule has 4 nitrogen and oxygen atoms in total. The zero-order valence-corrected chi connectivity index (χ0v) is 11.2. The number of rotatable bonds is 5. The fourth-order valence-electron chi connectivity index (χ4n) is 1.84. The summed E-state index contributed by atoms with van der Waals surface area (Å²) in [6.45, 7) is 0.954. The van der Waals surface area contributed by atoms with Gasteiger partial charge in [0.25, 0.3) is 0 Å². The van der Waals surface area contributed by atoms with E-state index in [-0.39, 0.29) is 5.56 Å². The van der Waals surface area contributed by atoms with E-state index in [1.165, 1.54) is 23.5 Å². The molecule has 0 saturated carbocycles. The number of aromatic carboxylic acids is 1. The first-order valence-corrected chi connectivity index (χ1v) is 6.58. The van der Waals surface area contributed by atoms with Gasteiger partial charge in [-0.15, -0.1) is 11.3 Å². The number of aromatic nitrogens is 1. The van der Waals surface area contributed by atoms with Crippen molar-refractivity contribution in [2.24, 2.45) is 0 Å². The van der Waals surface area contributed by atoms with Crippen molar-refractivity contribution in [2.45, 2.75) is 13.1 Å². The molecule has 0 atom stereocenters. The Morgan fingerprint density at radius 3 is 2.89 bits per heavy atom. The van der Waals surface area contributed by atoms with Gasteiger partial charge in [-0.25, -0.2) is 14.2 Å². The van der Waals surface area contributed by atoms with Crippen molar-refractivity contribution in [1.82, 2.24) is 9.88 Å². The molecule has 0 aliphatic rings. The normalized spacial score (nSPS) is 10.9. The molecule has 0 radical (unpaired) electrons. The van der Waals surface area contributed by atoms with Crippen LogP contribution in [0.4, 0.5) is 4.39 Å². The first kappa shape index (κ1) is 13.6. The Hall–Kier alpha value is -1.79. The summed E-state index contributed by atoms with van der Waals surface area (Å²) < 4.78 is 13.2. The van der Waals surface area contributed by atoms with Gasteiger partial charge in [0.1, 0.15) is 5.82 Å². The zero-order chi connectivity index (χ0) is 13.8. The molecule has 1 aromatic heterocycles. The monoisotopic (exact) mass is 280 g/mol. The van der Waals surface area contributed by atoms with Crippen molar-refractivity contribution >= 4 is 17.3 Å². The summed E-state index contributed by atoms with van der Waals surface area (Å²) >= 11 is 1.51. The van der Waals surface area contributed by atoms with Gasteiger partial charge in [0, 0.05) is 18.5 Å². The maximum absolute atomic E-state index is 13.2. The zero-order valence-electron chi connectivity index (χ0n) is 10.3. The third kappa shape index (κ3) is 3.59. The first-order valence-electron chi connectivity index (χ1n) is 5.63. The van der Waals surface area contributed by atoms with Crippen LogP contribution in [-0.4, -0.2) is 28.0 Å². The van der Waals surface area contributed by atoms with Gasteiger partial charge in [0.15, 0.2) is 0 Å². The van der Waals surface area contributed by atoms with E-state index in [0.717, 1.165) is 11.8 Å². The second-order valence-corrected chi connectivity index (χ2v) is 4.98. The van der Waals surface area contributed by atoms with Gasteiger partial charge in [-0.2, -0.15) is 0 Å². The van der Waals surface area contributed by atoms with Crippen LogP contribution in [0.1, 0.15) is 21.6 Å². The summed E-state index contributed by atoms with van der Waals surface area (Å²) in [6, 6.07) is 3.72. The molecular weight excluding hydrogens is 267 g/mol. The predicted octanol–water partition coefficient (Wildman–Crippen LogP) is 2.61.